The van der Waals surface area contributed by atoms with Crippen molar-refractivity contribution < 1.29 is 28.5 Å². The van der Waals surface area contributed by atoms with Gasteiger partial charge in [0.25, 0.3) is 0 Å². The Labute approximate surface area is 155 Å². The molecule has 0 radical (unpaired) electrons. The van der Waals surface area contributed by atoms with Crippen LogP contribution in [0.1, 0.15) is 12.8 Å². The van der Waals surface area contributed by atoms with E-state index in [0.29, 0.717) is 79.0 Å². The molecule has 0 aromatic heterocycles. The van der Waals surface area contributed by atoms with Crippen molar-refractivity contribution >= 4 is 11.8 Å². The molecule has 0 saturated carbocycles. The van der Waals surface area contributed by atoms with Crippen LogP contribution in [0.3, 0.4) is 0 Å². The molecule has 0 spiro atoms. The Morgan fingerprint density at radius 1 is 0.577 bits per heavy atom. The number of rotatable bonds is 19. The summed E-state index contributed by atoms with van der Waals surface area (Å²) in [5.74, 6) is -0.368. The topological polar surface area (TPSA) is 147 Å². The highest BCUT2D eigenvalue weighted by Crippen LogP contribution is 1.89. The van der Waals surface area contributed by atoms with Crippen molar-refractivity contribution in [2.24, 2.45) is 11.5 Å². The zero-order chi connectivity index (χ0) is 19.3. The fraction of sp³-hybridized carbons (Fsp3) is 0.875. The van der Waals surface area contributed by atoms with Gasteiger partial charge >= 0.3 is 0 Å². The molecule has 0 heterocycles. The highest BCUT2D eigenvalue weighted by Gasteiger charge is 2.06. The molecule has 0 fully saturated rings. The number of nitrogens with two attached hydrogens (primary N) is 2. The van der Waals surface area contributed by atoms with Gasteiger partial charge < -0.3 is 41.0 Å². The Hall–Kier alpha value is -1.30. The SMILES string of the molecule is NCCOCCOCCNC(=O)CCC(=O)NCCOCCOCCN. The van der Waals surface area contributed by atoms with Gasteiger partial charge in [-0.25, -0.2) is 0 Å². The first-order valence-electron chi connectivity index (χ1n) is 8.95. The van der Waals surface area contributed by atoms with Crippen LogP contribution in [0.2, 0.25) is 0 Å². The highest BCUT2D eigenvalue weighted by atomic mass is 16.5. The van der Waals surface area contributed by atoms with E-state index in [0.717, 1.165) is 0 Å². The van der Waals surface area contributed by atoms with Crippen LogP contribution in [-0.2, 0) is 28.5 Å². The maximum atomic E-state index is 11.6. The molecule has 0 aliphatic carbocycles. The number of carbonyl (C=O) groups is 2. The molecule has 10 heteroatoms. The summed E-state index contributed by atoms with van der Waals surface area (Å²) in [5, 5.41) is 5.38. The largest absolute Gasteiger partial charge is 0.378 e. The minimum atomic E-state index is -0.184. The van der Waals surface area contributed by atoms with Gasteiger partial charge in [0.05, 0.1) is 52.9 Å². The highest BCUT2D eigenvalue weighted by molar-refractivity contribution is 5.83. The van der Waals surface area contributed by atoms with Gasteiger partial charge in [0.15, 0.2) is 0 Å². The minimum absolute atomic E-state index is 0.138. The monoisotopic (exact) mass is 378 g/mol. The molecule has 0 aromatic carbocycles. The van der Waals surface area contributed by atoms with Gasteiger partial charge in [-0.05, 0) is 0 Å². The van der Waals surface area contributed by atoms with E-state index in [1.54, 1.807) is 0 Å². The summed E-state index contributed by atoms with van der Waals surface area (Å²) in [6.07, 6.45) is 0.276. The summed E-state index contributed by atoms with van der Waals surface area (Å²) < 4.78 is 20.8. The predicted octanol–water partition coefficient (Wildman–Crippen LogP) is -2.02. The van der Waals surface area contributed by atoms with Gasteiger partial charge in [-0.2, -0.15) is 0 Å². The Balaban J connectivity index is 3.33. The van der Waals surface area contributed by atoms with Crippen LogP contribution < -0.4 is 22.1 Å². The third-order valence-electron chi connectivity index (χ3n) is 2.98. The number of hydrogen-bond acceptors (Lipinski definition) is 8. The number of ether oxygens (including phenoxy) is 4. The molecule has 0 bridgehead atoms. The maximum absolute atomic E-state index is 11.6. The average molecular weight is 378 g/mol. The molecule has 0 saturated heterocycles. The molecular formula is C16H34N4O6. The summed E-state index contributed by atoms with van der Waals surface area (Å²) in [7, 11) is 0. The molecule has 0 unspecified atom stereocenters. The van der Waals surface area contributed by atoms with Crippen LogP contribution >= 0.6 is 0 Å². The first-order chi connectivity index (χ1) is 12.7. The Morgan fingerprint density at radius 2 is 0.923 bits per heavy atom. The van der Waals surface area contributed by atoms with Crippen LogP contribution in [0.4, 0.5) is 0 Å². The molecule has 0 aliphatic heterocycles. The van der Waals surface area contributed by atoms with Crippen molar-refractivity contribution in [3.8, 4) is 0 Å². The van der Waals surface area contributed by atoms with E-state index in [2.05, 4.69) is 10.6 Å². The van der Waals surface area contributed by atoms with Crippen LogP contribution in [-0.4, -0.2) is 90.8 Å². The van der Waals surface area contributed by atoms with Crippen molar-refractivity contribution in [2.45, 2.75) is 12.8 Å². The second-order valence-electron chi connectivity index (χ2n) is 5.23. The quantitative estimate of drug-likeness (QED) is 0.188. The summed E-state index contributed by atoms with van der Waals surface area (Å²) >= 11 is 0. The van der Waals surface area contributed by atoms with Gasteiger partial charge in [-0.3, -0.25) is 9.59 Å². The lowest BCUT2D eigenvalue weighted by molar-refractivity contribution is -0.126. The van der Waals surface area contributed by atoms with Crippen molar-refractivity contribution in [3.05, 3.63) is 0 Å². The number of amides is 2. The zero-order valence-corrected chi connectivity index (χ0v) is 15.5. The van der Waals surface area contributed by atoms with Crippen LogP contribution in [0.25, 0.3) is 0 Å². The van der Waals surface area contributed by atoms with Gasteiger partial charge in [0, 0.05) is 39.0 Å². The van der Waals surface area contributed by atoms with Gasteiger partial charge in [-0.15, -0.1) is 0 Å². The zero-order valence-electron chi connectivity index (χ0n) is 15.5. The molecule has 0 aromatic rings. The van der Waals surface area contributed by atoms with E-state index in [-0.39, 0.29) is 24.7 Å². The molecular weight excluding hydrogens is 344 g/mol. The van der Waals surface area contributed by atoms with E-state index < -0.39 is 0 Å². The Morgan fingerprint density at radius 3 is 1.27 bits per heavy atom. The lowest BCUT2D eigenvalue weighted by atomic mass is 10.3. The van der Waals surface area contributed by atoms with Crippen molar-refractivity contribution in [3.63, 3.8) is 0 Å². The molecule has 10 nitrogen and oxygen atoms in total. The summed E-state index contributed by atoms with van der Waals surface area (Å²) in [6.45, 7) is 5.47. The third kappa shape index (κ3) is 19.0. The number of nitrogens with one attached hydrogen (secondary N) is 2. The minimum Gasteiger partial charge on any atom is -0.378 e. The molecule has 0 atom stereocenters. The fourth-order valence-electron chi connectivity index (χ4n) is 1.74. The molecule has 26 heavy (non-hydrogen) atoms. The van der Waals surface area contributed by atoms with Crippen molar-refractivity contribution in [1.29, 1.82) is 0 Å². The predicted molar refractivity (Wildman–Crippen MR) is 96.6 cm³/mol. The van der Waals surface area contributed by atoms with Crippen LogP contribution in [0.15, 0.2) is 0 Å². The van der Waals surface area contributed by atoms with E-state index in [1.807, 2.05) is 0 Å². The Bertz CT molecular complexity index is 315. The van der Waals surface area contributed by atoms with E-state index >= 15 is 0 Å². The smallest absolute Gasteiger partial charge is 0.220 e. The van der Waals surface area contributed by atoms with E-state index in [1.165, 1.54) is 0 Å². The van der Waals surface area contributed by atoms with E-state index in [4.69, 9.17) is 30.4 Å². The second kappa shape index (κ2) is 20.0. The van der Waals surface area contributed by atoms with Crippen LogP contribution in [0.5, 0.6) is 0 Å². The lowest BCUT2D eigenvalue weighted by Gasteiger charge is -2.08. The Kier molecular flexibility index (Phi) is 19.0. The van der Waals surface area contributed by atoms with Gasteiger partial charge in [0.1, 0.15) is 0 Å². The van der Waals surface area contributed by atoms with Gasteiger partial charge in [0.2, 0.25) is 11.8 Å². The summed E-state index contributed by atoms with van der Waals surface area (Å²) in [4.78, 5) is 23.2. The molecule has 0 rings (SSSR count). The normalized spacial score (nSPS) is 10.7. The summed E-state index contributed by atoms with van der Waals surface area (Å²) in [6, 6.07) is 0. The van der Waals surface area contributed by atoms with Crippen molar-refractivity contribution in [1.82, 2.24) is 10.6 Å². The summed E-state index contributed by atoms with van der Waals surface area (Å²) in [5.41, 5.74) is 10.6. The first-order valence-corrected chi connectivity index (χ1v) is 8.95. The maximum Gasteiger partial charge on any atom is 0.220 e. The number of hydrogen-bond donors (Lipinski definition) is 4. The fourth-order valence-corrected chi connectivity index (χ4v) is 1.74. The first kappa shape index (κ1) is 24.7. The average Bonchev–Trinajstić information content (AvgIpc) is 2.64. The molecule has 6 N–H and O–H groups in total. The molecule has 2 amide bonds. The van der Waals surface area contributed by atoms with E-state index in [9.17, 15) is 9.59 Å². The molecule has 154 valence electrons. The second-order valence-corrected chi connectivity index (χ2v) is 5.23. The lowest BCUT2D eigenvalue weighted by Crippen LogP contribution is -2.31. The third-order valence-corrected chi connectivity index (χ3v) is 2.98. The van der Waals surface area contributed by atoms with Crippen LogP contribution in [0, 0.1) is 0 Å². The number of carbonyl (C=O) groups excluding carboxylic acids is 2. The molecule has 0 aliphatic rings. The van der Waals surface area contributed by atoms with Crippen molar-refractivity contribution in [2.75, 3.05) is 79.0 Å². The van der Waals surface area contributed by atoms with Gasteiger partial charge in [-0.1, -0.05) is 0 Å². The standard InChI is InChI=1S/C16H34N4O6/c17-3-7-23-11-13-25-9-5-19-15(21)1-2-16(22)20-6-10-26-14-12-24-8-4-18/h1-14,17-18H2,(H,19,21)(H,20,22).